The molecule has 172 valence electrons. The Morgan fingerprint density at radius 3 is 2.38 bits per heavy atom. The van der Waals surface area contributed by atoms with E-state index in [4.69, 9.17) is 23.2 Å². The fourth-order valence-corrected chi connectivity index (χ4v) is 4.67. The van der Waals surface area contributed by atoms with Gasteiger partial charge < -0.3 is 10.2 Å². The van der Waals surface area contributed by atoms with Crippen molar-refractivity contribution in [3.63, 3.8) is 0 Å². The SMILES string of the molecule is O=C(NC1CCCCCC1)[C@@H](c1ccc(F)cc1Cl)N(CCc1ccccc1)C(=O)CCl. The van der Waals surface area contributed by atoms with E-state index in [2.05, 4.69) is 5.32 Å². The maximum absolute atomic E-state index is 13.7. The molecule has 1 saturated carbocycles. The lowest BCUT2D eigenvalue weighted by Gasteiger charge is -2.33. The Hall–Kier alpha value is -2.11. The summed E-state index contributed by atoms with van der Waals surface area (Å²) >= 11 is 12.3. The minimum absolute atomic E-state index is 0.0498. The minimum atomic E-state index is -0.985. The molecule has 4 nitrogen and oxygen atoms in total. The largest absolute Gasteiger partial charge is 0.351 e. The third-order valence-electron chi connectivity index (χ3n) is 5.94. The summed E-state index contributed by atoms with van der Waals surface area (Å²) in [7, 11) is 0. The van der Waals surface area contributed by atoms with Gasteiger partial charge >= 0.3 is 0 Å². The van der Waals surface area contributed by atoms with Crippen molar-refractivity contribution in [3.05, 3.63) is 70.5 Å². The molecule has 32 heavy (non-hydrogen) atoms. The zero-order chi connectivity index (χ0) is 22.9. The van der Waals surface area contributed by atoms with Crippen LogP contribution in [0.1, 0.15) is 55.7 Å². The number of amides is 2. The van der Waals surface area contributed by atoms with E-state index < -0.39 is 11.9 Å². The molecule has 0 aromatic heterocycles. The maximum atomic E-state index is 13.7. The average Bonchev–Trinajstić information content (AvgIpc) is 3.06. The van der Waals surface area contributed by atoms with E-state index in [1.54, 1.807) is 0 Å². The predicted octanol–water partition coefficient (Wildman–Crippen LogP) is 5.67. The Bertz CT molecular complexity index is 902. The van der Waals surface area contributed by atoms with Gasteiger partial charge in [-0.25, -0.2) is 4.39 Å². The summed E-state index contributed by atoms with van der Waals surface area (Å²) in [6, 6.07) is 12.7. The predicted molar refractivity (Wildman–Crippen MR) is 126 cm³/mol. The molecule has 2 amide bonds. The molecule has 0 bridgehead atoms. The van der Waals surface area contributed by atoms with Crippen LogP contribution < -0.4 is 5.32 Å². The molecule has 0 radical (unpaired) electrons. The third-order valence-corrected chi connectivity index (χ3v) is 6.49. The Morgan fingerprint density at radius 1 is 1.06 bits per heavy atom. The molecule has 1 aliphatic rings. The smallest absolute Gasteiger partial charge is 0.247 e. The second-order valence-electron chi connectivity index (χ2n) is 8.22. The molecule has 1 fully saturated rings. The number of rotatable bonds is 8. The van der Waals surface area contributed by atoms with Crippen molar-refractivity contribution in [2.45, 2.75) is 57.0 Å². The second kappa shape index (κ2) is 12.2. The zero-order valence-corrected chi connectivity index (χ0v) is 19.5. The van der Waals surface area contributed by atoms with Crippen LogP contribution in [0.3, 0.4) is 0 Å². The quantitative estimate of drug-likeness (QED) is 0.392. The van der Waals surface area contributed by atoms with Crippen molar-refractivity contribution in [2.24, 2.45) is 0 Å². The van der Waals surface area contributed by atoms with Gasteiger partial charge in [0.05, 0.1) is 0 Å². The molecule has 0 spiro atoms. The normalized spacial score (nSPS) is 15.6. The number of carbonyl (C=O) groups excluding carboxylic acids is 2. The van der Waals surface area contributed by atoms with Crippen LogP contribution in [-0.4, -0.2) is 35.2 Å². The number of carbonyl (C=O) groups is 2. The number of benzene rings is 2. The topological polar surface area (TPSA) is 49.4 Å². The van der Waals surface area contributed by atoms with E-state index in [0.717, 1.165) is 44.1 Å². The van der Waals surface area contributed by atoms with Gasteiger partial charge in [0.2, 0.25) is 11.8 Å². The first-order valence-electron chi connectivity index (χ1n) is 11.1. The first-order valence-corrected chi connectivity index (χ1v) is 12.1. The van der Waals surface area contributed by atoms with Crippen LogP contribution in [0, 0.1) is 5.82 Å². The lowest BCUT2D eigenvalue weighted by molar-refractivity contribution is -0.139. The molecule has 0 aliphatic heterocycles. The van der Waals surface area contributed by atoms with Crippen LogP contribution in [0.2, 0.25) is 5.02 Å². The van der Waals surface area contributed by atoms with Gasteiger partial charge in [-0.1, -0.05) is 73.7 Å². The highest BCUT2D eigenvalue weighted by molar-refractivity contribution is 6.31. The van der Waals surface area contributed by atoms with Crippen molar-refractivity contribution in [3.8, 4) is 0 Å². The van der Waals surface area contributed by atoms with E-state index in [0.29, 0.717) is 12.0 Å². The van der Waals surface area contributed by atoms with Gasteiger partial charge in [-0.3, -0.25) is 9.59 Å². The van der Waals surface area contributed by atoms with Gasteiger partial charge in [-0.05, 0) is 37.0 Å². The summed E-state index contributed by atoms with van der Waals surface area (Å²) in [6.45, 7) is 0.284. The summed E-state index contributed by atoms with van der Waals surface area (Å²) in [5, 5.41) is 3.24. The number of halogens is 3. The van der Waals surface area contributed by atoms with E-state index in [-0.39, 0.29) is 35.3 Å². The van der Waals surface area contributed by atoms with Gasteiger partial charge in [-0.15, -0.1) is 11.6 Å². The van der Waals surface area contributed by atoms with Crippen LogP contribution >= 0.6 is 23.2 Å². The molecule has 0 saturated heterocycles. The monoisotopic (exact) mass is 478 g/mol. The molecule has 0 unspecified atom stereocenters. The van der Waals surface area contributed by atoms with Crippen LogP contribution in [0.25, 0.3) is 0 Å². The highest BCUT2D eigenvalue weighted by Crippen LogP contribution is 2.30. The fraction of sp³-hybridized carbons (Fsp3) is 0.440. The number of nitrogens with zero attached hydrogens (tertiary/aromatic N) is 1. The molecule has 2 aromatic carbocycles. The van der Waals surface area contributed by atoms with Gasteiger partial charge in [0.1, 0.15) is 17.7 Å². The molecule has 7 heteroatoms. The van der Waals surface area contributed by atoms with Crippen LogP contribution in [0.5, 0.6) is 0 Å². The van der Waals surface area contributed by atoms with Crippen LogP contribution in [-0.2, 0) is 16.0 Å². The molecular weight excluding hydrogens is 450 g/mol. The molecule has 3 rings (SSSR count). The summed E-state index contributed by atoms with van der Waals surface area (Å²) < 4.78 is 13.7. The van der Waals surface area contributed by atoms with Crippen LogP contribution in [0.15, 0.2) is 48.5 Å². The standard InChI is InChI=1S/C25H29Cl2FN2O2/c26-17-23(31)30(15-14-18-8-4-3-5-9-18)24(21-13-12-19(28)16-22(21)27)25(32)29-20-10-6-1-2-7-11-20/h3-5,8-9,12-13,16,20,24H,1-2,6-7,10-11,14-15,17H2,(H,29,32)/t24-/m1/s1. The summed E-state index contributed by atoms with van der Waals surface area (Å²) in [5.74, 6) is -1.44. The zero-order valence-electron chi connectivity index (χ0n) is 18.0. The van der Waals surface area contributed by atoms with Gasteiger partial charge in [-0.2, -0.15) is 0 Å². The van der Waals surface area contributed by atoms with E-state index in [9.17, 15) is 14.0 Å². The van der Waals surface area contributed by atoms with Crippen molar-refractivity contribution in [2.75, 3.05) is 12.4 Å². The van der Waals surface area contributed by atoms with Gasteiger partial charge in [0, 0.05) is 23.2 Å². The summed E-state index contributed by atoms with van der Waals surface area (Å²) in [6.07, 6.45) is 6.80. The average molecular weight is 479 g/mol. The Balaban J connectivity index is 1.91. The Kier molecular flexibility index (Phi) is 9.36. The van der Waals surface area contributed by atoms with Gasteiger partial charge in [0.25, 0.3) is 0 Å². The lowest BCUT2D eigenvalue weighted by Crippen LogP contribution is -2.47. The van der Waals surface area contributed by atoms with E-state index in [1.807, 2.05) is 30.3 Å². The fourth-order valence-electron chi connectivity index (χ4n) is 4.25. The number of hydrogen-bond donors (Lipinski definition) is 1. The summed E-state index contributed by atoms with van der Waals surface area (Å²) in [5.41, 5.74) is 1.43. The number of hydrogen-bond acceptors (Lipinski definition) is 2. The number of nitrogens with one attached hydrogen (secondary N) is 1. The maximum Gasteiger partial charge on any atom is 0.247 e. The van der Waals surface area contributed by atoms with Crippen molar-refractivity contribution < 1.29 is 14.0 Å². The highest BCUT2D eigenvalue weighted by atomic mass is 35.5. The lowest BCUT2D eigenvalue weighted by atomic mass is 10.0. The number of alkyl halides is 1. The van der Waals surface area contributed by atoms with E-state index in [1.165, 1.54) is 23.1 Å². The Labute approximate surface area is 199 Å². The molecule has 1 aliphatic carbocycles. The van der Waals surface area contributed by atoms with Crippen molar-refractivity contribution in [1.82, 2.24) is 10.2 Å². The molecule has 1 atom stereocenters. The second-order valence-corrected chi connectivity index (χ2v) is 8.90. The highest BCUT2D eigenvalue weighted by Gasteiger charge is 2.33. The molecule has 0 heterocycles. The minimum Gasteiger partial charge on any atom is -0.351 e. The summed E-state index contributed by atoms with van der Waals surface area (Å²) in [4.78, 5) is 27.9. The molecular formula is C25H29Cl2FN2O2. The first kappa shape index (κ1) is 24.5. The van der Waals surface area contributed by atoms with E-state index >= 15 is 0 Å². The van der Waals surface area contributed by atoms with Crippen molar-refractivity contribution >= 4 is 35.0 Å². The molecule has 2 aromatic rings. The van der Waals surface area contributed by atoms with Gasteiger partial charge in [0.15, 0.2) is 0 Å². The molecule has 1 N–H and O–H groups in total. The van der Waals surface area contributed by atoms with Crippen LogP contribution in [0.4, 0.5) is 4.39 Å². The Morgan fingerprint density at radius 2 is 1.75 bits per heavy atom. The third kappa shape index (κ3) is 6.69. The first-order chi connectivity index (χ1) is 15.5. The van der Waals surface area contributed by atoms with Crippen molar-refractivity contribution in [1.29, 1.82) is 0 Å².